The highest BCUT2D eigenvalue weighted by Gasteiger charge is 2.12. The zero-order chi connectivity index (χ0) is 13.1. The molecule has 0 saturated heterocycles. The van der Waals surface area contributed by atoms with Gasteiger partial charge in [-0.05, 0) is 35.0 Å². The third kappa shape index (κ3) is 2.86. The summed E-state index contributed by atoms with van der Waals surface area (Å²) in [7, 11) is 0. The van der Waals surface area contributed by atoms with Crippen LogP contribution in [-0.2, 0) is 6.54 Å². The lowest BCUT2D eigenvalue weighted by molar-refractivity contribution is -0.385. The monoisotopic (exact) mass is 310 g/mol. The highest BCUT2D eigenvalue weighted by Crippen LogP contribution is 2.27. The average Bonchev–Trinajstić information content (AvgIpc) is 2.74. The first-order valence-electron chi connectivity index (χ1n) is 5.24. The van der Waals surface area contributed by atoms with Gasteiger partial charge in [0.05, 0.1) is 27.8 Å². The number of nitro benzene ring substituents is 1. The zero-order valence-electron chi connectivity index (χ0n) is 9.61. The minimum absolute atomic E-state index is 0.0424. The van der Waals surface area contributed by atoms with Crippen LogP contribution >= 0.6 is 15.9 Å². The number of hydrogen-bond acceptors (Lipinski definition) is 4. The van der Waals surface area contributed by atoms with Crippen LogP contribution in [-0.4, -0.2) is 14.9 Å². The van der Waals surface area contributed by atoms with Crippen LogP contribution < -0.4 is 5.32 Å². The molecule has 0 aliphatic rings. The lowest BCUT2D eigenvalue weighted by atomic mass is 10.3. The number of nitro groups is 1. The van der Waals surface area contributed by atoms with Crippen LogP contribution in [0, 0.1) is 17.0 Å². The fraction of sp³-hybridized carbons (Fsp3) is 0.182. The predicted octanol–water partition coefficient (Wildman–Crippen LogP) is 3.00. The Morgan fingerprint density at radius 2 is 2.33 bits per heavy atom. The van der Waals surface area contributed by atoms with Gasteiger partial charge < -0.3 is 10.3 Å². The van der Waals surface area contributed by atoms with E-state index in [1.807, 2.05) is 6.92 Å². The summed E-state index contributed by atoms with van der Waals surface area (Å²) in [6, 6.07) is 4.92. The van der Waals surface area contributed by atoms with Crippen molar-refractivity contribution in [2.45, 2.75) is 13.5 Å². The molecule has 0 aliphatic heterocycles. The lowest BCUT2D eigenvalue weighted by Gasteiger charge is -2.05. The van der Waals surface area contributed by atoms with E-state index in [9.17, 15) is 10.1 Å². The van der Waals surface area contributed by atoms with Gasteiger partial charge in [-0.25, -0.2) is 4.98 Å². The second-order valence-corrected chi connectivity index (χ2v) is 4.63. The molecule has 0 aliphatic carbocycles. The molecule has 0 unspecified atom stereocenters. The largest absolute Gasteiger partial charge is 0.379 e. The predicted molar refractivity (Wildman–Crippen MR) is 71.4 cm³/mol. The molecule has 94 valence electrons. The van der Waals surface area contributed by atoms with Crippen molar-refractivity contribution in [1.29, 1.82) is 0 Å². The molecule has 0 bridgehead atoms. The van der Waals surface area contributed by atoms with Crippen LogP contribution in [0.4, 0.5) is 11.4 Å². The summed E-state index contributed by atoms with van der Waals surface area (Å²) < 4.78 is 0.468. The molecule has 2 aromatic rings. The smallest absolute Gasteiger partial charge is 0.285 e. The number of hydrogen-bond donors (Lipinski definition) is 2. The second-order valence-electron chi connectivity index (χ2n) is 3.77. The quantitative estimate of drug-likeness (QED) is 0.671. The van der Waals surface area contributed by atoms with E-state index in [0.717, 1.165) is 11.5 Å². The molecule has 0 spiro atoms. The van der Waals surface area contributed by atoms with Gasteiger partial charge in [0.2, 0.25) is 0 Å². The maximum absolute atomic E-state index is 10.8. The van der Waals surface area contributed by atoms with Crippen molar-refractivity contribution in [2.75, 3.05) is 5.32 Å². The molecule has 0 amide bonds. The van der Waals surface area contributed by atoms with Crippen LogP contribution in [0.3, 0.4) is 0 Å². The molecule has 0 atom stereocenters. The Labute approximate surface area is 112 Å². The Morgan fingerprint density at radius 3 is 2.94 bits per heavy atom. The number of nitrogens with one attached hydrogen (secondary N) is 2. The fourth-order valence-corrected chi connectivity index (χ4v) is 1.91. The summed E-state index contributed by atoms with van der Waals surface area (Å²) in [5.41, 5.74) is 1.66. The van der Waals surface area contributed by atoms with Crippen LogP contribution in [0.15, 0.2) is 28.9 Å². The molecule has 2 N–H and O–H groups in total. The van der Waals surface area contributed by atoms with E-state index in [-0.39, 0.29) is 5.69 Å². The van der Waals surface area contributed by atoms with Gasteiger partial charge in [0.15, 0.2) is 0 Å². The summed E-state index contributed by atoms with van der Waals surface area (Å²) in [6.45, 7) is 2.41. The molecule has 1 heterocycles. The fourth-order valence-electron chi connectivity index (χ4n) is 1.52. The minimum atomic E-state index is -0.421. The standard InChI is InChI=1S/C11H11BrN4O2/c1-7-13-5-9(15-7)6-14-8-2-3-10(12)11(4-8)16(17)18/h2-5,14H,6H2,1H3,(H,13,15). The molecular formula is C11H11BrN4O2. The molecule has 0 fully saturated rings. The zero-order valence-corrected chi connectivity index (χ0v) is 11.2. The molecule has 2 rings (SSSR count). The molecule has 18 heavy (non-hydrogen) atoms. The van der Waals surface area contributed by atoms with Crippen molar-refractivity contribution in [1.82, 2.24) is 9.97 Å². The van der Waals surface area contributed by atoms with E-state index in [0.29, 0.717) is 16.7 Å². The van der Waals surface area contributed by atoms with Gasteiger partial charge in [-0.3, -0.25) is 10.1 Å². The van der Waals surface area contributed by atoms with Gasteiger partial charge in [0.25, 0.3) is 5.69 Å². The summed E-state index contributed by atoms with van der Waals surface area (Å²) in [5.74, 6) is 0.841. The number of benzene rings is 1. The highest BCUT2D eigenvalue weighted by molar-refractivity contribution is 9.10. The Hall–Kier alpha value is -1.89. The van der Waals surface area contributed by atoms with Gasteiger partial charge in [0, 0.05) is 11.8 Å². The van der Waals surface area contributed by atoms with Gasteiger partial charge >= 0.3 is 0 Å². The minimum Gasteiger partial charge on any atom is -0.379 e. The Kier molecular flexibility index (Phi) is 3.61. The summed E-state index contributed by atoms with van der Waals surface area (Å²) in [5, 5.41) is 13.9. The first kappa shape index (κ1) is 12.6. The number of aryl methyl sites for hydroxylation is 1. The van der Waals surface area contributed by atoms with E-state index >= 15 is 0 Å². The molecule has 6 nitrogen and oxygen atoms in total. The maximum Gasteiger partial charge on any atom is 0.285 e. The van der Waals surface area contributed by atoms with Crippen molar-refractivity contribution in [3.63, 3.8) is 0 Å². The van der Waals surface area contributed by atoms with Gasteiger partial charge in [0.1, 0.15) is 5.82 Å². The molecule has 1 aromatic heterocycles. The van der Waals surface area contributed by atoms with E-state index in [2.05, 4.69) is 31.2 Å². The number of H-pyrrole nitrogens is 1. The summed E-state index contributed by atoms with van der Waals surface area (Å²) >= 11 is 3.14. The number of aromatic amines is 1. The number of imidazole rings is 1. The van der Waals surface area contributed by atoms with E-state index < -0.39 is 4.92 Å². The molecule has 7 heteroatoms. The maximum atomic E-state index is 10.8. The Morgan fingerprint density at radius 1 is 1.56 bits per heavy atom. The Balaban J connectivity index is 2.10. The number of halogens is 1. The van der Waals surface area contributed by atoms with E-state index in [1.165, 1.54) is 6.07 Å². The number of aromatic nitrogens is 2. The van der Waals surface area contributed by atoms with Gasteiger partial charge in [-0.15, -0.1) is 0 Å². The molecular weight excluding hydrogens is 300 g/mol. The van der Waals surface area contributed by atoms with E-state index in [4.69, 9.17) is 0 Å². The molecule has 0 radical (unpaired) electrons. The highest BCUT2D eigenvalue weighted by atomic mass is 79.9. The number of nitrogens with zero attached hydrogens (tertiary/aromatic N) is 2. The Bertz CT molecular complexity index is 582. The van der Waals surface area contributed by atoms with Gasteiger partial charge in [-0.2, -0.15) is 0 Å². The first-order valence-corrected chi connectivity index (χ1v) is 6.04. The lowest BCUT2D eigenvalue weighted by Crippen LogP contribution is -2.00. The first-order chi connectivity index (χ1) is 8.56. The van der Waals surface area contributed by atoms with Crippen LogP contribution in [0.5, 0.6) is 0 Å². The van der Waals surface area contributed by atoms with Crippen LogP contribution in [0.1, 0.15) is 11.5 Å². The van der Waals surface area contributed by atoms with E-state index in [1.54, 1.807) is 18.3 Å². The summed E-state index contributed by atoms with van der Waals surface area (Å²) in [6.07, 6.45) is 1.73. The van der Waals surface area contributed by atoms with Crippen molar-refractivity contribution in [2.24, 2.45) is 0 Å². The van der Waals surface area contributed by atoms with Crippen LogP contribution in [0.25, 0.3) is 0 Å². The number of rotatable bonds is 4. The third-order valence-electron chi connectivity index (χ3n) is 2.38. The topological polar surface area (TPSA) is 83.8 Å². The van der Waals surface area contributed by atoms with Crippen molar-refractivity contribution in [3.05, 3.63) is 50.5 Å². The normalized spacial score (nSPS) is 10.3. The molecule has 0 saturated carbocycles. The SMILES string of the molecule is Cc1ncc(CNc2ccc(Br)c([N+](=O)[O-])c2)[nH]1. The summed E-state index contributed by atoms with van der Waals surface area (Å²) in [4.78, 5) is 17.5. The second kappa shape index (κ2) is 5.18. The van der Waals surface area contributed by atoms with Crippen molar-refractivity contribution in [3.8, 4) is 0 Å². The number of anilines is 1. The van der Waals surface area contributed by atoms with Crippen molar-refractivity contribution >= 4 is 27.3 Å². The average molecular weight is 311 g/mol. The van der Waals surface area contributed by atoms with Crippen molar-refractivity contribution < 1.29 is 4.92 Å². The van der Waals surface area contributed by atoms with Gasteiger partial charge in [-0.1, -0.05) is 0 Å². The molecule has 1 aromatic carbocycles. The third-order valence-corrected chi connectivity index (χ3v) is 3.05. The van der Waals surface area contributed by atoms with Crippen LogP contribution in [0.2, 0.25) is 0 Å².